The summed E-state index contributed by atoms with van der Waals surface area (Å²) in [6.45, 7) is 6.67. The van der Waals surface area contributed by atoms with E-state index in [0.29, 0.717) is 19.5 Å². The van der Waals surface area contributed by atoms with E-state index in [4.69, 9.17) is 4.74 Å². The molecule has 1 heterocycles. The fourth-order valence-electron chi connectivity index (χ4n) is 3.32. The number of carbonyl (C=O) groups is 1. The number of methoxy groups -OCH3 is 1. The van der Waals surface area contributed by atoms with E-state index >= 15 is 0 Å². The Morgan fingerprint density at radius 1 is 1.27 bits per heavy atom. The van der Waals surface area contributed by atoms with E-state index in [1.165, 1.54) is 0 Å². The van der Waals surface area contributed by atoms with E-state index in [0.717, 1.165) is 5.56 Å². The average molecular weight is 384 g/mol. The van der Waals surface area contributed by atoms with Gasteiger partial charge in [0.1, 0.15) is 0 Å². The zero-order valence-corrected chi connectivity index (χ0v) is 16.8. The standard InChI is InChI=1S/C19H29NO5S/c1-15-5-7-16(8-6-15)26(23,24)12-9-17(21)20-11-10-19(22,14-25-4)18(2,3)13-20/h5-8,22H,9-14H2,1-4H3/t19-/m1/s1. The maximum atomic E-state index is 12.5. The SMILES string of the molecule is COC[C@]1(O)CCN(C(=O)CCS(=O)(=O)c2ccc(C)cc2)CC1(C)C. The van der Waals surface area contributed by atoms with Gasteiger partial charge in [-0.3, -0.25) is 4.79 Å². The van der Waals surface area contributed by atoms with Crippen LogP contribution >= 0.6 is 0 Å². The number of sulfone groups is 1. The Balaban J connectivity index is 1.99. The van der Waals surface area contributed by atoms with Gasteiger partial charge >= 0.3 is 0 Å². The fraction of sp³-hybridized carbons (Fsp3) is 0.632. The van der Waals surface area contributed by atoms with Crippen LogP contribution in [0.4, 0.5) is 0 Å². The number of amides is 1. The molecule has 1 atom stereocenters. The van der Waals surface area contributed by atoms with Gasteiger partial charge in [-0.15, -0.1) is 0 Å². The van der Waals surface area contributed by atoms with E-state index < -0.39 is 20.9 Å². The minimum Gasteiger partial charge on any atom is -0.387 e. The summed E-state index contributed by atoms with van der Waals surface area (Å²) in [5, 5.41) is 10.8. The first kappa shape index (κ1) is 20.9. The number of aryl methyl sites for hydroxylation is 1. The summed E-state index contributed by atoms with van der Waals surface area (Å²) >= 11 is 0. The Labute approximate surface area is 156 Å². The summed E-state index contributed by atoms with van der Waals surface area (Å²) in [4.78, 5) is 14.4. The van der Waals surface area contributed by atoms with Gasteiger partial charge in [0.25, 0.3) is 0 Å². The molecule has 7 heteroatoms. The minimum absolute atomic E-state index is 0.0605. The summed E-state index contributed by atoms with van der Waals surface area (Å²) in [5.41, 5.74) is -0.543. The van der Waals surface area contributed by atoms with E-state index in [1.54, 1.807) is 36.3 Å². The Kier molecular flexibility index (Phi) is 6.15. The molecule has 0 aliphatic carbocycles. The van der Waals surface area contributed by atoms with E-state index in [9.17, 15) is 18.3 Å². The molecule has 146 valence electrons. The zero-order chi connectivity index (χ0) is 19.6. The van der Waals surface area contributed by atoms with Crippen molar-refractivity contribution >= 4 is 15.7 Å². The summed E-state index contributed by atoms with van der Waals surface area (Å²) in [5.74, 6) is -0.415. The molecule has 0 radical (unpaired) electrons. The smallest absolute Gasteiger partial charge is 0.223 e. The Bertz CT molecular complexity index is 742. The number of nitrogens with zero attached hydrogens (tertiary/aromatic N) is 1. The van der Waals surface area contributed by atoms with Crippen LogP contribution in [0.5, 0.6) is 0 Å². The number of benzene rings is 1. The Hall–Kier alpha value is -1.44. The van der Waals surface area contributed by atoms with Crippen LogP contribution in [0.15, 0.2) is 29.2 Å². The molecule has 0 unspecified atom stereocenters. The van der Waals surface area contributed by atoms with Crippen molar-refractivity contribution in [3.05, 3.63) is 29.8 Å². The first-order chi connectivity index (χ1) is 12.0. The maximum Gasteiger partial charge on any atom is 0.223 e. The molecule has 1 amide bonds. The normalized spacial score (nSPS) is 23.0. The first-order valence-electron chi connectivity index (χ1n) is 8.79. The quantitative estimate of drug-likeness (QED) is 0.810. The zero-order valence-electron chi connectivity index (χ0n) is 16.0. The van der Waals surface area contributed by atoms with Crippen LogP contribution in [-0.4, -0.2) is 62.5 Å². The average Bonchev–Trinajstić information content (AvgIpc) is 2.56. The predicted molar refractivity (Wildman–Crippen MR) is 99.7 cm³/mol. The van der Waals surface area contributed by atoms with Crippen LogP contribution in [0.1, 0.15) is 32.3 Å². The highest BCUT2D eigenvalue weighted by molar-refractivity contribution is 7.91. The number of aliphatic hydroxyl groups is 1. The molecule has 0 bridgehead atoms. The number of ether oxygens (including phenoxy) is 1. The summed E-state index contributed by atoms with van der Waals surface area (Å²) in [6.07, 6.45) is 0.347. The third-order valence-electron chi connectivity index (χ3n) is 5.34. The molecule has 1 aliphatic heterocycles. The lowest BCUT2D eigenvalue weighted by Crippen LogP contribution is -2.60. The van der Waals surface area contributed by atoms with Crippen LogP contribution in [-0.2, 0) is 19.4 Å². The third kappa shape index (κ3) is 4.45. The van der Waals surface area contributed by atoms with Crippen LogP contribution in [0.3, 0.4) is 0 Å². The molecule has 1 aromatic rings. The molecule has 1 fully saturated rings. The number of hydrogen-bond acceptors (Lipinski definition) is 5. The van der Waals surface area contributed by atoms with Crippen LogP contribution < -0.4 is 0 Å². The van der Waals surface area contributed by atoms with Crippen LogP contribution in [0.2, 0.25) is 0 Å². The molecule has 0 aromatic heterocycles. The monoisotopic (exact) mass is 383 g/mol. The maximum absolute atomic E-state index is 12.5. The van der Waals surface area contributed by atoms with Crippen LogP contribution in [0.25, 0.3) is 0 Å². The largest absolute Gasteiger partial charge is 0.387 e. The van der Waals surface area contributed by atoms with Crippen molar-refractivity contribution in [2.75, 3.05) is 32.6 Å². The van der Waals surface area contributed by atoms with Crippen molar-refractivity contribution in [2.45, 2.75) is 44.1 Å². The second-order valence-corrected chi connectivity index (χ2v) is 9.90. The van der Waals surface area contributed by atoms with E-state index in [1.807, 2.05) is 20.8 Å². The summed E-state index contributed by atoms with van der Waals surface area (Å²) in [7, 11) is -1.94. The lowest BCUT2D eigenvalue weighted by molar-refractivity contribution is -0.163. The topological polar surface area (TPSA) is 83.9 Å². The van der Waals surface area contributed by atoms with Gasteiger partial charge in [-0.2, -0.15) is 0 Å². The van der Waals surface area contributed by atoms with Gasteiger partial charge in [-0.05, 0) is 25.5 Å². The highest BCUT2D eigenvalue weighted by Gasteiger charge is 2.48. The van der Waals surface area contributed by atoms with Crippen molar-refractivity contribution in [3.8, 4) is 0 Å². The van der Waals surface area contributed by atoms with Gasteiger partial charge in [0.2, 0.25) is 5.91 Å². The molecule has 1 aliphatic rings. The number of carbonyl (C=O) groups excluding carboxylic acids is 1. The molecule has 26 heavy (non-hydrogen) atoms. The molecule has 1 aromatic carbocycles. The number of rotatable bonds is 6. The first-order valence-corrected chi connectivity index (χ1v) is 10.4. The fourth-order valence-corrected chi connectivity index (χ4v) is 4.55. The number of hydrogen-bond donors (Lipinski definition) is 1. The number of likely N-dealkylation sites (tertiary alicyclic amines) is 1. The lowest BCUT2D eigenvalue weighted by Gasteiger charge is -2.50. The minimum atomic E-state index is -3.49. The van der Waals surface area contributed by atoms with Gasteiger partial charge in [0.05, 0.1) is 22.9 Å². The second kappa shape index (κ2) is 7.66. The Morgan fingerprint density at radius 3 is 2.42 bits per heavy atom. The summed E-state index contributed by atoms with van der Waals surface area (Å²) in [6, 6.07) is 6.64. The molecular formula is C19H29NO5S. The molecular weight excluding hydrogens is 354 g/mol. The van der Waals surface area contributed by atoms with Gasteiger partial charge in [0, 0.05) is 32.0 Å². The third-order valence-corrected chi connectivity index (χ3v) is 7.07. The lowest BCUT2D eigenvalue weighted by atomic mass is 9.70. The van der Waals surface area contributed by atoms with Gasteiger partial charge < -0.3 is 14.7 Å². The van der Waals surface area contributed by atoms with Crippen molar-refractivity contribution in [3.63, 3.8) is 0 Å². The molecule has 1 saturated heterocycles. The predicted octanol–water partition coefficient (Wildman–Crippen LogP) is 1.79. The van der Waals surface area contributed by atoms with Crippen molar-refractivity contribution in [2.24, 2.45) is 5.41 Å². The van der Waals surface area contributed by atoms with Crippen LogP contribution in [0, 0.1) is 12.3 Å². The highest BCUT2D eigenvalue weighted by atomic mass is 32.2. The molecule has 6 nitrogen and oxygen atoms in total. The van der Waals surface area contributed by atoms with E-state index in [-0.39, 0.29) is 29.6 Å². The van der Waals surface area contributed by atoms with Crippen molar-refractivity contribution < 1.29 is 23.1 Å². The van der Waals surface area contributed by atoms with Crippen molar-refractivity contribution in [1.82, 2.24) is 4.90 Å². The van der Waals surface area contributed by atoms with Crippen molar-refractivity contribution in [1.29, 1.82) is 0 Å². The molecule has 1 N–H and O–H groups in total. The highest BCUT2D eigenvalue weighted by Crippen LogP contribution is 2.39. The molecule has 2 rings (SSSR count). The second-order valence-electron chi connectivity index (χ2n) is 7.80. The van der Waals surface area contributed by atoms with Gasteiger partial charge in [-0.25, -0.2) is 8.42 Å². The van der Waals surface area contributed by atoms with E-state index in [2.05, 4.69) is 0 Å². The Morgan fingerprint density at radius 2 is 1.88 bits per heavy atom. The molecule has 0 saturated carbocycles. The molecule has 0 spiro atoms. The van der Waals surface area contributed by atoms with Gasteiger partial charge in [0.15, 0.2) is 9.84 Å². The summed E-state index contributed by atoms with van der Waals surface area (Å²) < 4.78 is 30.0. The number of piperidine rings is 1. The van der Waals surface area contributed by atoms with Gasteiger partial charge in [-0.1, -0.05) is 31.5 Å².